The Balaban J connectivity index is 1.96. The maximum atomic E-state index is 11.6. The number of non-ortho nitro benzene ring substituents is 1. The summed E-state index contributed by atoms with van der Waals surface area (Å²) in [4.78, 5) is 21.7. The van der Waals surface area contributed by atoms with Gasteiger partial charge < -0.3 is 10.1 Å². The van der Waals surface area contributed by atoms with Gasteiger partial charge in [-0.1, -0.05) is 44.9 Å². The zero-order chi connectivity index (χ0) is 19.0. The summed E-state index contributed by atoms with van der Waals surface area (Å²) in [5.41, 5.74) is -0.0299. The molecule has 0 saturated carbocycles. The normalized spacial score (nSPS) is 10.5. The van der Waals surface area contributed by atoms with Crippen molar-refractivity contribution in [2.24, 2.45) is 0 Å². The summed E-state index contributed by atoms with van der Waals surface area (Å²) < 4.78 is 5.07. The molecule has 0 unspecified atom stereocenters. The number of rotatable bonds is 14. The van der Waals surface area contributed by atoms with Crippen molar-refractivity contribution in [2.75, 3.05) is 18.6 Å². The Morgan fingerprint density at radius 2 is 1.54 bits per heavy atom. The monoisotopic (exact) mass is 382 g/mol. The predicted octanol–water partition coefficient (Wildman–Crippen LogP) is 5.56. The van der Waals surface area contributed by atoms with Gasteiger partial charge in [0.05, 0.1) is 4.92 Å². The Bertz CT molecular complexity index is 523. The van der Waals surface area contributed by atoms with Crippen LogP contribution in [-0.4, -0.2) is 29.6 Å². The van der Waals surface area contributed by atoms with Crippen molar-refractivity contribution >= 4 is 23.5 Å². The maximum Gasteiger partial charge on any atom is 0.412 e. The number of hydrogen-bond donors (Lipinski definition) is 1. The average Bonchev–Trinajstić information content (AvgIpc) is 2.63. The zero-order valence-electron chi connectivity index (χ0n) is 15.6. The van der Waals surface area contributed by atoms with Crippen LogP contribution < -0.4 is 10.1 Å². The van der Waals surface area contributed by atoms with Gasteiger partial charge in [0.25, 0.3) is 5.69 Å². The van der Waals surface area contributed by atoms with Gasteiger partial charge in [-0.05, 0) is 37.0 Å². The fourth-order valence-electron chi connectivity index (χ4n) is 2.58. The van der Waals surface area contributed by atoms with Gasteiger partial charge in [-0.3, -0.25) is 10.1 Å². The largest absolute Gasteiger partial charge is 0.412 e. The van der Waals surface area contributed by atoms with Crippen LogP contribution in [0.5, 0.6) is 5.75 Å². The lowest BCUT2D eigenvalue weighted by Gasteiger charge is -2.06. The molecule has 26 heavy (non-hydrogen) atoms. The molecule has 0 saturated heterocycles. The van der Waals surface area contributed by atoms with E-state index in [4.69, 9.17) is 4.74 Å². The van der Waals surface area contributed by atoms with Crippen LogP contribution in [0.25, 0.3) is 0 Å². The van der Waals surface area contributed by atoms with Crippen LogP contribution in [0.3, 0.4) is 0 Å². The third-order valence-corrected chi connectivity index (χ3v) is 4.75. The van der Waals surface area contributed by atoms with E-state index in [9.17, 15) is 14.9 Å². The molecule has 0 bridgehead atoms. The molecule has 0 aliphatic rings. The zero-order valence-corrected chi connectivity index (χ0v) is 16.4. The van der Waals surface area contributed by atoms with Crippen molar-refractivity contribution < 1.29 is 14.5 Å². The van der Waals surface area contributed by atoms with Gasteiger partial charge in [0.1, 0.15) is 5.75 Å². The molecule has 0 fully saturated rings. The van der Waals surface area contributed by atoms with Crippen molar-refractivity contribution in [1.29, 1.82) is 0 Å². The standard InChI is InChI=1S/C19H30N2O4S/c1-26-16-10-8-6-4-2-3-5-7-9-15-20-19(22)25-18-13-11-17(12-14-18)21(23)24/h11-14H,2-10,15-16H2,1H3,(H,20,22). The molecule has 0 spiro atoms. The van der Waals surface area contributed by atoms with E-state index < -0.39 is 11.0 Å². The number of carbonyl (C=O) groups excluding carboxylic acids is 1. The van der Waals surface area contributed by atoms with Crippen LogP contribution >= 0.6 is 11.8 Å². The topological polar surface area (TPSA) is 81.5 Å². The summed E-state index contributed by atoms with van der Waals surface area (Å²) in [6.45, 7) is 0.584. The molecule has 1 aromatic rings. The summed E-state index contributed by atoms with van der Waals surface area (Å²) in [6.07, 6.45) is 12.8. The number of nitrogens with zero attached hydrogens (tertiary/aromatic N) is 1. The van der Waals surface area contributed by atoms with Gasteiger partial charge in [-0.25, -0.2) is 4.79 Å². The summed E-state index contributed by atoms with van der Waals surface area (Å²) >= 11 is 1.92. The quantitative estimate of drug-likeness (QED) is 0.259. The average molecular weight is 383 g/mol. The van der Waals surface area contributed by atoms with E-state index in [1.54, 1.807) is 0 Å². The van der Waals surface area contributed by atoms with E-state index in [-0.39, 0.29) is 5.69 Å². The highest BCUT2D eigenvalue weighted by atomic mass is 32.2. The third-order valence-electron chi connectivity index (χ3n) is 4.05. The Morgan fingerprint density at radius 1 is 1.00 bits per heavy atom. The summed E-state index contributed by atoms with van der Waals surface area (Å²) in [5.74, 6) is 1.57. The molecule has 0 radical (unpaired) electrons. The van der Waals surface area contributed by atoms with Crippen LogP contribution in [0.15, 0.2) is 24.3 Å². The highest BCUT2D eigenvalue weighted by Crippen LogP contribution is 2.17. The number of unbranched alkanes of at least 4 members (excludes halogenated alkanes) is 8. The fraction of sp³-hybridized carbons (Fsp3) is 0.632. The lowest BCUT2D eigenvalue weighted by molar-refractivity contribution is -0.384. The van der Waals surface area contributed by atoms with E-state index in [1.165, 1.54) is 75.0 Å². The smallest absolute Gasteiger partial charge is 0.410 e. The van der Waals surface area contributed by atoms with Crippen LogP contribution in [0.4, 0.5) is 10.5 Å². The highest BCUT2D eigenvalue weighted by molar-refractivity contribution is 7.98. The molecule has 0 aromatic heterocycles. The lowest BCUT2D eigenvalue weighted by Crippen LogP contribution is -2.27. The number of benzene rings is 1. The van der Waals surface area contributed by atoms with Crippen LogP contribution in [0.2, 0.25) is 0 Å². The molecule has 0 atom stereocenters. The maximum absolute atomic E-state index is 11.6. The first kappa shape index (κ1) is 22.3. The molecule has 0 aliphatic heterocycles. The number of hydrogen-bond acceptors (Lipinski definition) is 5. The van der Waals surface area contributed by atoms with Gasteiger partial charge in [-0.2, -0.15) is 11.8 Å². The molecule has 7 heteroatoms. The van der Waals surface area contributed by atoms with E-state index >= 15 is 0 Å². The predicted molar refractivity (Wildman–Crippen MR) is 107 cm³/mol. The second-order valence-corrected chi connectivity index (χ2v) is 7.23. The van der Waals surface area contributed by atoms with Gasteiger partial charge in [0, 0.05) is 18.7 Å². The van der Waals surface area contributed by atoms with E-state index in [0.717, 1.165) is 12.8 Å². The summed E-state index contributed by atoms with van der Waals surface area (Å²) in [5, 5.41) is 13.3. The molecule has 1 rings (SSSR count). The molecular weight excluding hydrogens is 352 g/mol. The van der Waals surface area contributed by atoms with Crippen molar-refractivity contribution in [1.82, 2.24) is 5.32 Å². The van der Waals surface area contributed by atoms with E-state index in [1.807, 2.05) is 11.8 Å². The van der Waals surface area contributed by atoms with Crippen LogP contribution in [0, 0.1) is 10.1 Å². The summed E-state index contributed by atoms with van der Waals surface area (Å²) in [6, 6.07) is 5.45. The molecule has 1 aromatic carbocycles. The first-order chi connectivity index (χ1) is 12.6. The van der Waals surface area contributed by atoms with Crippen molar-refractivity contribution in [3.8, 4) is 5.75 Å². The van der Waals surface area contributed by atoms with Crippen LogP contribution in [-0.2, 0) is 0 Å². The van der Waals surface area contributed by atoms with Gasteiger partial charge in [0.15, 0.2) is 0 Å². The number of thioether (sulfide) groups is 1. The first-order valence-corrected chi connectivity index (χ1v) is 10.7. The van der Waals surface area contributed by atoms with E-state index in [0.29, 0.717) is 12.3 Å². The third kappa shape index (κ3) is 11.0. The Kier molecular flexibility index (Phi) is 12.4. The number of carbonyl (C=O) groups is 1. The molecular formula is C19H30N2O4S. The minimum Gasteiger partial charge on any atom is -0.410 e. The highest BCUT2D eigenvalue weighted by Gasteiger charge is 2.07. The molecule has 1 N–H and O–H groups in total. The number of amides is 1. The van der Waals surface area contributed by atoms with Crippen LogP contribution in [0.1, 0.15) is 57.8 Å². The van der Waals surface area contributed by atoms with Gasteiger partial charge in [-0.15, -0.1) is 0 Å². The SMILES string of the molecule is CSCCCCCCCCCCCNC(=O)Oc1ccc([N+](=O)[O-])cc1. The number of ether oxygens (including phenoxy) is 1. The van der Waals surface area contributed by atoms with Crippen molar-refractivity contribution in [3.63, 3.8) is 0 Å². The number of nitro groups is 1. The number of nitrogens with one attached hydrogen (secondary N) is 1. The Morgan fingerprint density at radius 3 is 2.08 bits per heavy atom. The Labute approximate surface area is 160 Å². The summed E-state index contributed by atoms with van der Waals surface area (Å²) in [7, 11) is 0. The minimum absolute atomic E-state index is 0.0299. The minimum atomic E-state index is -0.524. The molecule has 0 aliphatic carbocycles. The first-order valence-electron chi connectivity index (χ1n) is 9.32. The second-order valence-electron chi connectivity index (χ2n) is 6.24. The lowest BCUT2D eigenvalue weighted by atomic mass is 10.1. The molecule has 6 nitrogen and oxygen atoms in total. The number of nitro benzene ring substituents is 1. The molecule has 1 amide bonds. The van der Waals surface area contributed by atoms with Crippen molar-refractivity contribution in [2.45, 2.75) is 57.8 Å². The van der Waals surface area contributed by atoms with Crippen molar-refractivity contribution in [3.05, 3.63) is 34.4 Å². The van der Waals surface area contributed by atoms with Gasteiger partial charge >= 0.3 is 6.09 Å². The fourth-order valence-corrected chi connectivity index (χ4v) is 3.07. The molecule has 0 heterocycles. The van der Waals surface area contributed by atoms with E-state index in [2.05, 4.69) is 11.6 Å². The second kappa shape index (κ2) is 14.4. The van der Waals surface area contributed by atoms with Gasteiger partial charge in [0.2, 0.25) is 0 Å². The Hall–Kier alpha value is -1.76. The molecule has 146 valence electrons.